The molecule has 0 aliphatic carbocycles. The molecule has 1 amide bonds. The van der Waals surface area contributed by atoms with Crippen molar-refractivity contribution in [3.8, 4) is 11.3 Å². The number of H-pyrrole nitrogens is 1. The van der Waals surface area contributed by atoms with Crippen molar-refractivity contribution in [3.63, 3.8) is 0 Å². The number of aromatic nitrogens is 2. The number of nitrogens with zero attached hydrogens (tertiary/aromatic N) is 3. The molecule has 31 heavy (non-hydrogen) atoms. The Labute approximate surface area is 185 Å². The highest BCUT2D eigenvalue weighted by molar-refractivity contribution is 6.33. The van der Waals surface area contributed by atoms with Crippen LogP contribution in [-0.2, 0) is 0 Å². The summed E-state index contributed by atoms with van der Waals surface area (Å²) in [6.07, 6.45) is 1.92. The Kier molecular flexibility index (Phi) is 5.26. The van der Waals surface area contributed by atoms with Crippen LogP contribution in [0.4, 0.5) is 5.82 Å². The van der Waals surface area contributed by atoms with Crippen molar-refractivity contribution in [2.75, 3.05) is 31.1 Å². The third-order valence-electron chi connectivity index (χ3n) is 5.70. The highest BCUT2D eigenvalue weighted by Crippen LogP contribution is 2.30. The highest BCUT2D eigenvalue weighted by Gasteiger charge is 2.28. The molecule has 1 N–H and O–H groups in total. The first kappa shape index (κ1) is 19.5. The summed E-state index contributed by atoms with van der Waals surface area (Å²) in [5.74, 6) is 1.11. The Morgan fingerprint density at radius 3 is 2.42 bits per heavy atom. The molecule has 5 nitrogen and oxygen atoms in total. The third kappa shape index (κ3) is 3.84. The van der Waals surface area contributed by atoms with Crippen LogP contribution in [0.15, 0.2) is 79.0 Å². The van der Waals surface area contributed by atoms with E-state index in [0.717, 1.165) is 35.4 Å². The molecular formula is C25H22ClN4O+. The van der Waals surface area contributed by atoms with Gasteiger partial charge in [-0.05, 0) is 24.3 Å². The fourth-order valence-corrected chi connectivity index (χ4v) is 4.29. The van der Waals surface area contributed by atoms with Crippen molar-refractivity contribution < 1.29 is 9.78 Å². The SMILES string of the molecule is O=C(c1cc(-c2ccccc2Cl)nc2ccccc12)N1CCN(c2cccc[nH+]2)CC1. The lowest BCUT2D eigenvalue weighted by Gasteiger charge is -2.31. The number of anilines is 1. The molecule has 0 bridgehead atoms. The van der Waals surface area contributed by atoms with E-state index in [4.69, 9.17) is 16.6 Å². The monoisotopic (exact) mass is 429 g/mol. The maximum absolute atomic E-state index is 13.6. The molecule has 4 aromatic rings. The van der Waals surface area contributed by atoms with Gasteiger partial charge in [-0.1, -0.05) is 54.1 Å². The first-order chi connectivity index (χ1) is 15.2. The minimum atomic E-state index is 0.0311. The molecule has 0 unspecified atom stereocenters. The minimum Gasteiger partial charge on any atom is -0.331 e. The Balaban J connectivity index is 1.47. The Hall–Kier alpha value is -3.44. The lowest BCUT2D eigenvalue weighted by atomic mass is 10.0. The quantitative estimate of drug-likeness (QED) is 0.487. The van der Waals surface area contributed by atoms with Crippen molar-refractivity contribution in [2.24, 2.45) is 0 Å². The van der Waals surface area contributed by atoms with Gasteiger partial charge >= 0.3 is 0 Å². The summed E-state index contributed by atoms with van der Waals surface area (Å²) in [7, 11) is 0. The molecule has 0 atom stereocenters. The van der Waals surface area contributed by atoms with E-state index in [1.54, 1.807) is 0 Å². The lowest BCUT2D eigenvalue weighted by Crippen LogP contribution is -2.50. The number of nitrogens with one attached hydrogen (secondary N) is 1. The van der Waals surface area contributed by atoms with Crippen LogP contribution in [0.25, 0.3) is 22.2 Å². The summed E-state index contributed by atoms with van der Waals surface area (Å²) in [4.78, 5) is 25.8. The zero-order valence-electron chi connectivity index (χ0n) is 17.0. The van der Waals surface area contributed by atoms with E-state index in [9.17, 15) is 4.79 Å². The number of carbonyl (C=O) groups excluding carboxylic acids is 1. The van der Waals surface area contributed by atoms with Gasteiger partial charge in [-0.3, -0.25) is 9.69 Å². The highest BCUT2D eigenvalue weighted by atomic mass is 35.5. The molecule has 1 fully saturated rings. The number of hydrogen-bond acceptors (Lipinski definition) is 3. The number of hydrogen-bond donors (Lipinski definition) is 0. The van der Waals surface area contributed by atoms with Crippen molar-refractivity contribution in [3.05, 3.63) is 89.6 Å². The Morgan fingerprint density at radius 2 is 1.65 bits per heavy atom. The number of amides is 1. The smallest absolute Gasteiger partial charge is 0.274 e. The van der Waals surface area contributed by atoms with E-state index < -0.39 is 0 Å². The lowest BCUT2D eigenvalue weighted by molar-refractivity contribution is -0.364. The number of piperazine rings is 1. The zero-order valence-corrected chi connectivity index (χ0v) is 17.7. The second-order valence-corrected chi connectivity index (χ2v) is 7.99. The van der Waals surface area contributed by atoms with Crippen LogP contribution in [0.1, 0.15) is 10.4 Å². The fraction of sp³-hybridized carbons (Fsp3) is 0.160. The summed E-state index contributed by atoms with van der Waals surface area (Å²) in [6, 6.07) is 23.3. The molecule has 6 heteroatoms. The van der Waals surface area contributed by atoms with Gasteiger partial charge in [-0.25, -0.2) is 9.97 Å². The molecular weight excluding hydrogens is 408 g/mol. The maximum Gasteiger partial charge on any atom is 0.274 e. The van der Waals surface area contributed by atoms with E-state index in [-0.39, 0.29) is 5.91 Å². The van der Waals surface area contributed by atoms with Crippen LogP contribution < -0.4 is 9.88 Å². The van der Waals surface area contributed by atoms with Gasteiger partial charge in [0.15, 0.2) is 0 Å². The molecule has 1 aliphatic rings. The molecule has 0 radical (unpaired) electrons. The van der Waals surface area contributed by atoms with E-state index in [1.165, 1.54) is 0 Å². The first-order valence-corrected chi connectivity index (χ1v) is 10.7. The molecule has 3 heterocycles. The fourth-order valence-electron chi connectivity index (χ4n) is 4.06. The molecule has 1 aliphatic heterocycles. The van der Waals surface area contributed by atoms with Crippen molar-refractivity contribution in [1.29, 1.82) is 0 Å². The summed E-state index contributed by atoms with van der Waals surface area (Å²) < 4.78 is 0. The van der Waals surface area contributed by atoms with Crippen LogP contribution in [0.3, 0.4) is 0 Å². The number of carbonyl (C=O) groups is 1. The summed E-state index contributed by atoms with van der Waals surface area (Å²) in [6.45, 7) is 2.90. The molecule has 154 valence electrons. The van der Waals surface area contributed by atoms with Crippen molar-refractivity contribution >= 4 is 34.2 Å². The second kappa shape index (κ2) is 8.36. The van der Waals surface area contributed by atoms with Crippen molar-refractivity contribution in [2.45, 2.75) is 0 Å². The van der Waals surface area contributed by atoms with Crippen LogP contribution in [-0.4, -0.2) is 42.0 Å². The van der Waals surface area contributed by atoms with E-state index in [0.29, 0.717) is 29.4 Å². The largest absolute Gasteiger partial charge is 0.331 e. The van der Waals surface area contributed by atoms with E-state index >= 15 is 0 Å². The number of pyridine rings is 2. The van der Waals surface area contributed by atoms with Crippen LogP contribution in [0.5, 0.6) is 0 Å². The predicted octanol–water partition coefficient (Wildman–Crippen LogP) is 4.33. The first-order valence-electron chi connectivity index (χ1n) is 10.4. The number of aromatic amines is 1. The maximum atomic E-state index is 13.6. The molecule has 2 aromatic heterocycles. The Morgan fingerprint density at radius 1 is 0.903 bits per heavy atom. The molecule has 0 spiro atoms. The number of fused-ring (bicyclic) bond motifs is 1. The molecule has 0 saturated carbocycles. The van der Waals surface area contributed by atoms with Crippen LogP contribution in [0.2, 0.25) is 5.02 Å². The number of benzene rings is 2. The van der Waals surface area contributed by atoms with Gasteiger partial charge in [-0.2, -0.15) is 0 Å². The molecule has 1 saturated heterocycles. The average molecular weight is 430 g/mol. The minimum absolute atomic E-state index is 0.0311. The number of rotatable bonds is 3. The van der Waals surface area contributed by atoms with E-state index in [1.807, 2.05) is 77.8 Å². The third-order valence-corrected chi connectivity index (χ3v) is 6.03. The van der Waals surface area contributed by atoms with Gasteiger partial charge in [0.25, 0.3) is 11.7 Å². The van der Waals surface area contributed by atoms with Gasteiger partial charge in [0.1, 0.15) is 13.1 Å². The van der Waals surface area contributed by atoms with Crippen molar-refractivity contribution in [1.82, 2.24) is 9.88 Å². The topological polar surface area (TPSA) is 50.6 Å². The van der Waals surface area contributed by atoms with E-state index in [2.05, 4.69) is 16.0 Å². The summed E-state index contributed by atoms with van der Waals surface area (Å²) in [5.41, 5.74) is 3.00. The number of halogens is 1. The van der Waals surface area contributed by atoms with Gasteiger partial charge < -0.3 is 4.90 Å². The average Bonchev–Trinajstić information content (AvgIpc) is 2.84. The van der Waals surface area contributed by atoms with Gasteiger partial charge in [-0.15, -0.1) is 0 Å². The molecule has 5 rings (SSSR count). The standard InChI is InChI=1S/C25H21ClN4O/c26-21-9-3-1-8-19(21)23-17-20(18-7-2-4-10-22(18)28-23)25(31)30-15-13-29(14-16-30)24-11-5-6-12-27-24/h1-12,17H,13-16H2/p+1. The number of para-hydroxylation sites is 1. The van der Waals surface area contributed by atoms with Gasteiger partial charge in [0.05, 0.1) is 36.1 Å². The molecule has 2 aromatic carbocycles. The Bertz CT molecular complexity index is 1240. The van der Waals surface area contributed by atoms with Crippen LogP contribution >= 0.6 is 11.6 Å². The van der Waals surface area contributed by atoms with Crippen LogP contribution in [0, 0.1) is 0 Å². The predicted molar refractivity (Wildman–Crippen MR) is 123 cm³/mol. The summed E-state index contributed by atoms with van der Waals surface area (Å²) >= 11 is 6.42. The van der Waals surface area contributed by atoms with Gasteiger partial charge in [0.2, 0.25) is 0 Å². The van der Waals surface area contributed by atoms with Gasteiger partial charge in [0, 0.05) is 22.0 Å². The zero-order chi connectivity index (χ0) is 21.2. The normalized spacial score (nSPS) is 14.1. The summed E-state index contributed by atoms with van der Waals surface area (Å²) in [5, 5.41) is 1.48. The second-order valence-electron chi connectivity index (χ2n) is 7.58.